The first-order valence-corrected chi connectivity index (χ1v) is 4.51. The summed E-state index contributed by atoms with van der Waals surface area (Å²) in [4.78, 5) is 19.1. The van der Waals surface area contributed by atoms with Crippen molar-refractivity contribution in [3.8, 4) is 0 Å². The first-order chi connectivity index (χ1) is 7.74. The molecule has 0 aliphatic carbocycles. The maximum absolute atomic E-state index is 11.4. The van der Waals surface area contributed by atoms with Gasteiger partial charge in [-0.3, -0.25) is 15.6 Å². The van der Waals surface area contributed by atoms with E-state index in [2.05, 4.69) is 25.8 Å². The molecule has 16 heavy (non-hydrogen) atoms. The molecule has 82 valence electrons. The molecule has 2 amide bonds. The SMILES string of the molecule is Cc1cc(NC(=O)Nc2cnccn2)no1. The summed E-state index contributed by atoms with van der Waals surface area (Å²) in [5.74, 6) is 1.33. The second-order valence-electron chi connectivity index (χ2n) is 2.99. The van der Waals surface area contributed by atoms with Crippen molar-refractivity contribution in [2.75, 3.05) is 10.6 Å². The van der Waals surface area contributed by atoms with E-state index in [1.165, 1.54) is 18.6 Å². The highest BCUT2D eigenvalue weighted by Crippen LogP contribution is 2.07. The number of aromatic nitrogens is 3. The van der Waals surface area contributed by atoms with E-state index < -0.39 is 6.03 Å². The van der Waals surface area contributed by atoms with E-state index >= 15 is 0 Å². The number of nitrogens with zero attached hydrogens (tertiary/aromatic N) is 3. The highest BCUT2D eigenvalue weighted by atomic mass is 16.5. The third-order valence-electron chi connectivity index (χ3n) is 1.67. The molecule has 0 unspecified atom stereocenters. The van der Waals surface area contributed by atoms with Gasteiger partial charge in [0.2, 0.25) is 0 Å². The monoisotopic (exact) mass is 219 g/mol. The second-order valence-corrected chi connectivity index (χ2v) is 2.99. The Morgan fingerprint density at radius 1 is 1.31 bits per heavy atom. The molecule has 0 saturated heterocycles. The van der Waals surface area contributed by atoms with Gasteiger partial charge in [-0.25, -0.2) is 9.78 Å². The Morgan fingerprint density at radius 3 is 2.75 bits per heavy atom. The van der Waals surface area contributed by atoms with E-state index in [-0.39, 0.29) is 0 Å². The smallest absolute Gasteiger partial charge is 0.326 e. The van der Waals surface area contributed by atoms with Crippen LogP contribution in [0.1, 0.15) is 5.76 Å². The van der Waals surface area contributed by atoms with Gasteiger partial charge in [-0.2, -0.15) is 0 Å². The molecule has 2 N–H and O–H groups in total. The number of anilines is 2. The number of rotatable bonds is 2. The molecular weight excluding hydrogens is 210 g/mol. The molecule has 2 aromatic heterocycles. The normalized spacial score (nSPS) is 9.81. The molecule has 2 rings (SSSR count). The lowest BCUT2D eigenvalue weighted by Gasteiger charge is -2.02. The van der Waals surface area contributed by atoms with Crippen LogP contribution in [0.5, 0.6) is 0 Å². The fourth-order valence-corrected chi connectivity index (χ4v) is 1.05. The summed E-state index contributed by atoms with van der Waals surface area (Å²) in [5.41, 5.74) is 0. The molecule has 2 aromatic rings. The Bertz CT molecular complexity index is 482. The van der Waals surface area contributed by atoms with Gasteiger partial charge in [0.15, 0.2) is 11.6 Å². The van der Waals surface area contributed by atoms with Crippen molar-refractivity contribution in [3.05, 3.63) is 30.4 Å². The van der Waals surface area contributed by atoms with Crippen molar-refractivity contribution in [1.82, 2.24) is 15.1 Å². The first kappa shape index (κ1) is 10.1. The van der Waals surface area contributed by atoms with Gasteiger partial charge in [-0.05, 0) is 6.92 Å². The Morgan fingerprint density at radius 2 is 2.12 bits per heavy atom. The zero-order chi connectivity index (χ0) is 11.4. The number of carbonyl (C=O) groups is 1. The fourth-order valence-electron chi connectivity index (χ4n) is 1.05. The number of carbonyl (C=O) groups excluding carboxylic acids is 1. The lowest BCUT2D eigenvalue weighted by Crippen LogP contribution is -2.20. The zero-order valence-electron chi connectivity index (χ0n) is 8.47. The minimum absolute atomic E-state index is 0.346. The Hall–Kier alpha value is -2.44. The molecular formula is C9H9N5O2. The van der Waals surface area contributed by atoms with E-state index in [0.717, 1.165) is 0 Å². The Kier molecular flexibility index (Phi) is 2.77. The van der Waals surface area contributed by atoms with E-state index in [0.29, 0.717) is 17.4 Å². The largest absolute Gasteiger partial charge is 0.360 e. The summed E-state index contributed by atoms with van der Waals surface area (Å²) in [6.45, 7) is 1.73. The van der Waals surface area contributed by atoms with Crippen molar-refractivity contribution in [1.29, 1.82) is 0 Å². The average Bonchev–Trinajstić information content (AvgIpc) is 2.65. The number of amides is 2. The van der Waals surface area contributed by atoms with E-state index in [4.69, 9.17) is 4.52 Å². The van der Waals surface area contributed by atoms with Crippen LogP contribution in [0.25, 0.3) is 0 Å². The minimum Gasteiger partial charge on any atom is -0.360 e. The van der Waals surface area contributed by atoms with Crippen molar-refractivity contribution < 1.29 is 9.32 Å². The number of urea groups is 1. The molecule has 0 aliphatic rings. The van der Waals surface area contributed by atoms with Crippen LogP contribution < -0.4 is 10.6 Å². The molecule has 0 atom stereocenters. The van der Waals surface area contributed by atoms with E-state index in [1.54, 1.807) is 13.0 Å². The van der Waals surface area contributed by atoms with Gasteiger partial charge >= 0.3 is 6.03 Å². The number of hydrogen-bond donors (Lipinski definition) is 2. The standard InChI is InChI=1S/C9H9N5O2/c1-6-4-7(14-16-6)12-9(15)13-8-5-10-2-3-11-8/h2-5H,1H3,(H2,11,12,13,14,15). The summed E-state index contributed by atoms with van der Waals surface area (Å²) in [6, 6.07) is 1.16. The van der Waals surface area contributed by atoms with Gasteiger partial charge in [0.25, 0.3) is 0 Å². The van der Waals surface area contributed by atoms with Crippen LogP contribution in [-0.4, -0.2) is 21.2 Å². The van der Waals surface area contributed by atoms with Crippen LogP contribution in [0, 0.1) is 6.92 Å². The molecule has 0 fully saturated rings. The minimum atomic E-state index is -0.450. The second kappa shape index (κ2) is 4.39. The summed E-state index contributed by atoms with van der Waals surface area (Å²) in [5, 5.41) is 8.60. The van der Waals surface area contributed by atoms with Crippen LogP contribution in [0.3, 0.4) is 0 Å². The van der Waals surface area contributed by atoms with Crippen LogP contribution in [0.4, 0.5) is 16.4 Å². The molecule has 0 aliphatic heterocycles. The molecule has 0 bridgehead atoms. The molecule has 0 spiro atoms. The third-order valence-corrected chi connectivity index (χ3v) is 1.67. The van der Waals surface area contributed by atoms with Crippen molar-refractivity contribution in [2.24, 2.45) is 0 Å². The maximum Gasteiger partial charge on any atom is 0.326 e. The highest BCUT2D eigenvalue weighted by molar-refractivity contribution is 5.98. The number of nitrogens with one attached hydrogen (secondary N) is 2. The topological polar surface area (TPSA) is 92.9 Å². The Balaban J connectivity index is 1.95. The van der Waals surface area contributed by atoms with Crippen molar-refractivity contribution in [3.63, 3.8) is 0 Å². The molecule has 7 heteroatoms. The summed E-state index contributed by atoms with van der Waals surface area (Å²) in [7, 11) is 0. The maximum atomic E-state index is 11.4. The van der Waals surface area contributed by atoms with Crippen molar-refractivity contribution >= 4 is 17.7 Å². The summed E-state index contributed by atoms with van der Waals surface area (Å²) in [6.07, 6.45) is 4.44. The summed E-state index contributed by atoms with van der Waals surface area (Å²) < 4.78 is 4.80. The predicted molar refractivity (Wildman–Crippen MR) is 55.9 cm³/mol. The number of hydrogen-bond acceptors (Lipinski definition) is 5. The van der Waals surface area contributed by atoms with Gasteiger partial charge in [0.1, 0.15) is 5.76 Å². The third kappa shape index (κ3) is 2.53. The van der Waals surface area contributed by atoms with Gasteiger partial charge in [-0.15, -0.1) is 0 Å². The van der Waals surface area contributed by atoms with Gasteiger partial charge in [0.05, 0.1) is 6.20 Å². The van der Waals surface area contributed by atoms with Crippen molar-refractivity contribution in [2.45, 2.75) is 6.92 Å². The van der Waals surface area contributed by atoms with Crippen LogP contribution in [0.15, 0.2) is 29.2 Å². The lowest BCUT2D eigenvalue weighted by atomic mass is 10.5. The lowest BCUT2D eigenvalue weighted by molar-refractivity contribution is 0.262. The molecule has 7 nitrogen and oxygen atoms in total. The highest BCUT2D eigenvalue weighted by Gasteiger charge is 2.06. The molecule has 0 aromatic carbocycles. The van der Waals surface area contributed by atoms with Gasteiger partial charge < -0.3 is 4.52 Å². The summed E-state index contributed by atoms with van der Waals surface area (Å²) >= 11 is 0. The van der Waals surface area contributed by atoms with Crippen LogP contribution >= 0.6 is 0 Å². The van der Waals surface area contributed by atoms with E-state index in [9.17, 15) is 4.79 Å². The van der Waals surface area contributed by atoms with Crippen LogP contribution in [-0.2, 0) is 0 Å². The van der Waals surface area contributed by atoms with Gasteiger partial charge in [0, 0.05) is 18.5 Å². The van der Waals surface area contributed by atoms with E-state index in [1.807, 2.05) is 0 Å². The predicted octanol–water partition coefficient (Wildman–Crippen LogP) is 1.42. The first-order valence-electron chi connectivity index (χ1n) is 4.51. The fraction of sp³-hybridized carbons (Fsp3) is 0.111. The molecule has 2 heterocycles. The number of aryl methyl sites for hydroxylation is 1. The quantitative estimate of drug-likeness (QED) is 0.796. The van der Waals surface area contributed by atoms with Gasteiger partial charge in [-0.1, -0.05) is 5.16 Å². The molecule has 0 saturated carbocycles. The van der Waals surface area contributed by atoms with Crippen LogP contribution in [0.2, 0.25) is 0 Å². The molecule has 0 radical (unpaired) electrons. The zero-order valence-corrected chi connectivity index (χ0v) is 8.47. The Labute approximate surface area is 90.9 Å². The average molecular weight is 219 g/mol.